The Labute approximate surface area is 211 Å². The van der Waals surface area contributed by atoms with Gasteiger partial charge in [0, 0.05) is 16.3 Å². The van der Waals surface area contributed by atoms with E-state index in [0.717, 1.165) is 4.47 Å². The summed E-state index contributed by atoms with van der Waals surface area (Å²) >= 11 is 15.5. The molecule has 2 aromatic carbocycles. The Bertz CT molecular complexity index is 1130. The molecule has 0 amide bonds. The summed E-state index contributed by atoms with van der Waals surface area (Å²) in [5.41, 5.74) is -1.73. The molecule has 0 bridgehead atoms. The smallest absolute Gasteiger partial charge is 0.318 e. The molecule has 13 heteroatoms. The van der Waals surface area contributed by atoms with Crippen molar-refractivity contribution in [1.29, 1.82) is 0 Å². The summed E-state index contributed by atoms with van der Waals surface area (Å²) in [6.45, 7) is 1.40. The fourth-order valence-electron chi connectivity index (χ4n) is 2.44. The maximum absolute atomic E-state index is 11.6. The molecule has 0 heterocycles. The van der Waals surface area contributed by atoms with Crippen LogP contribution < -0.4 is 0 Å². The van der Waals surface area contributed by atoms with Crippen molar-refractivity contribution >= 4 is 102 Å². The van der Waals surface area contributed by atoms with Crippen LogP contribution in [0.5, 0.6) is 5.75 Å². The number of halogens is 5. The first kappa shape index (κ1) is 25.1. The van der Waals surface area contributed by atoms with Gasteiger partial charge >= 0.3 is 5.69 Å². The fourth-order valence-corrected chi connectivity index (χ4v) is 5.57. The van der Waals surface area contributed by atoms with E-state index >= 15 is 0 Å². The van der Waals surface area contributed by atoms with Crippen molar-refractivity contribution < 1.29 is 19.7 Å². The van der Waals surface area contributed by atoms with Gasteiger partial charge < -0.3 is 5.11 Å². The van der Waals surface area contributed by atoms with Crippen LogP contribution in [-0.2, 0) is 4.79 Å². The molecule has 158 valence electrons. The van der Waals surface area contributed by atoms with Gasteiger partial charge in [0.25, 0.3) is 5.54 Å². The highest BCUT2D eigenvalue weighted by Crippen LogP contribution is 2.47. The lowest BCUT2D eigenvalue weighted by Gasteiger charge is -2.25. The number of hydrogen-bond donors (Lipinski definition) is 1. The number of rotatable bonds is 2. The number of phenols is 1. The van der Waals surface area contributed by atoms with E-state index in [2.05, 4.69) is 79.6 Å². The maximum Gasteiger partial charge on any atom is 0.318 e. The van der Waals surface area contributed by atoms with Gasteiger partial charge in [-0.15, -0.1) is 0 Å². The molecule has 30 heavy (non-hydrogen) atoms. The molecule has 0 aromatic heterocycles. The van der Waals surface area contributed by atoms with E-state index in [9.17, 15) is 30.1 Å². The van der Waals surface area contributed by atoms with Crippen molar-refractivity contribution in [2.45, 2.75) is 12.5 Å². The number of phenolic OH excluding ortho intramolecular Hbond substituents is 1. The molecule has 0 atom stereocenters. The van der Waals surface area contributed by atoms with Crippen LogP contribution in [0, 0.1) is 20.2 Å². The van der Waals surface area contributed by atoms with Gasteiger partial charge in [-0.2, -0.15) is 0 Å². The Balaban J connectivity index is 0.000000214. The standard InChI is InChI=1S/C10H6BrNO3.C7H3Br4NO3/c11-7-2-3-8-6(5-7)1-4-9(13)10(8)12(14)15;1-7(12(14)15)5(10)2(8)4(13)3(9)6(7)11/h1-5,13H;1H3. The number of nitrogens with zero attached hydrogens (tertiary/aromatic N) is 2. The molecular weight excluding hydrogens is 728 g/mol. The van der Waals surface area contributed by atoms with Crippen molar-refractivity contribution in [2.75, 3.05) is 0 Å². The van der Waals surface area contributed by atoms with Gasteiger partial charge in [-0.25, -0.2) is 0 Å². The van der Waals surface area contributed by atoms with E-state index < -0.39 is 15.4 Å². The lowest BCUT2D eigenvalue weighted by molar-refractivity contribution is -0.537. The summed E-state index contributed by atoms with van der Waals surface area (Å²) in [6.07, 6.45) is 0. The van der Waals surface area contributed by atoms with E-state index in [1.54, 1.807) is 24.3 Å². The first-order valence-corrected chi connectivity index (χ1v) is 11.7. The van der Waals surface area contributed by atoms with Crippen LogP contribution in [0.2, 0.25) is 0 Å². The number of carbonyl (C=O) groups is 1. The van der Waals surface area contributed by atoms with Gasteiger partial charge in [0.1, 0.15) is 0 Å². The average Bonchev–Trinajstić information content (AvgIpc) is 2.69. The van der Waals surface area contributed by atoms with E-state index in [-0.39, 0.29) is 35.1 Å². The molecule has 0 aliphatic heterocycles. The minimum Gasteiger partial charge on any atom is -0.502 e. The number of Topliss-reactive ketones (excluding diaryl/α,β-unsaturated/α-hetero) is 1. The van der Waals surface area contributed by atoms with Crippen LogP contribution in [0.4, 0.5) is 5.69 Å². The zero-order valence-electron chi connectivity index (χ0n) is 14.7. The third kappa shape index (κ3) is 4.54. The highest BCUT2D eigenvalue weighted by atomic mass is 79.9. The van der Waals surface area contributed by atoms with Gasteiger partial charge in [0.15, 0.2) is 5.75 Å². The van der Waals surface area contributed by atoms with Crippen LogP contribution in [0.1, 0.15) is 6.92 Å². The minimum absolute atomic E-state index is 0.150. The van der Waals surface area contributed by atoms with Crippen LogP contribution in [0.15, 0.2) is 52.7 Å². The first-order valence-electron chi connectivity index (χ1n) is 7.70. The molecule has 1 aliphatic rings. The van der Waals surface area contributed by atoms with E-state index in [1.165, 1.54) is 13.0 Å². The number of carbonyl (C=O) groups excluding carboxylic acids is 1. The van der Waals surface area contributed by atoms with Crippen LogP contribution >= 0.6 is 79.6 Å². The molecule has 0 spiro atoms. The summed E-state index contributed by atoms with van der Waals surface area (Å²) in [7, 11) is 0. The molecule has 0 fully saturated rings. The van der Waals surface area contributed by atoms with Crippen molar-refractivity contribution in [1.82, 2.24) is 0 Å². The summed E-state index contributed by atoms with van der Waals surface area (Å²) in [4.78, 5) is 32.3. The van der Waals surface area contributed by atoms with Gasteiger partial charge in [0.05, 0.1) is 28.2 Å². The van der Waals surface area contributed by atoms with E-state index in [0.29, 0.717) is 10.8 Å². The highest BCUT2D eigenvalue weighted by molar-refractivity contribution is 9.15. The molecule has 1 N–H and O–H groups in total. The number of aromatic hydroxyl groups is 1. The molecule has 0 radical (unpaired) electrons. The first-order chi connectivity index (χ1) is 13.8. The Morgan fingerprint density at radius 2 is 1.47 bits per heavy atom. The van der Waals surface area contributed by atoms with Gasteiger partial charge in [-0.05, 0) is 93.4 Å². The van der Waals surface area contributed by atoms with Crippen LogP contribution in [0.25, 0.3) is 10.8 Å². The number of fused-ring (bicyclic) bond motifs is 1. The zero-order valence-corrected chi connectivity index (χ0v) is 22.6. The lowest BCUT2D eigenvalue weighted by atomic mass is 9.96. The zero-order chi connectivity index (χ0) is 23.0. The molecule has 0 unspecified atom stereocenters. The Morgan fingerprint density at radius 3 is 1.93 bits per heavy atom. The molecular formula is C17H9Br5N2O6. The Morgan fingerprint density at radius 1 is 0.933 bits per heavy atom. The third-order valence-corrected chi connectivity index (χ3v) is 9.53. The topological polar surface area (TPSA) is 124 Å². The van der Waals surface area contributed by atoms with Crippen molar-refractivity contribution in [3.8, 4) is 5.75 Å². The van der Waals surface area contributed by atoms with Gasteiger partial charge in [-0.1, -0.05) is 22.0 Å². The minimum atomic E-state index is -1.48. The van der Waals surface area contributed by atoms with Crippen molar-refractivity contribution in [3.63, 3.8) is 0 Å². The molecule has 2 aromatic rings. The van der Waals surface area contributed by atoms with Crippen LogP contribution in [-0.4, -0.2) is 26.3 Å². The van der Waals surface area contributed by atoms with Crippen molar-refractivity contribution in [2.24, 2.45) is 0 Å². The lowest BCUT2D eigenvalue weighted by Crippen LogP contribution is -2.39. The predicted octanol–water partition coefficient (Wildman–Crippen LogP) is 6.82. The molecule has 8 nitrogen and oxygen atoms in total. The average molecular weight is 737 g/mol. The Hall–Kier alpha value is -1.15. The summed E-state index contributed by atoms with van der Waals surface area (Å²) < 4.78 is 1.53. The number of benzene rings is 2. The van der Waals surface area contributed by atoms with E-state index in [1.807, 2.05) is 0 Å². The van der Waals surface area contributed by atoms with Gasteiger partial charge in [-0.3, -0.25) is 25.0 Å². The van der Waals surface area contributed by atoms with E-state index in [4.69, 9.17) is 0 Å². The Kier molecular flexibility index (Phi) is 8.00. The second-order valence-corrected chi connectivity index (χ2v) is 10.1. The summed E-state index contributed by atoms with van der Waals surface area (Å²) in [5, 5.41) is 32.3. The second-order valence-electron chi connectivity index (χ2n) is 5.97. The SMILES string of the molecule is CC1([N+](=O)[O-])C(Br)=C(Br)C(=O)C(Br)=C1Br.O=[N+]([O-])c1c(O)ccc2cc(Br)ccc12. The monoisotopic (exact) mass is 732 g/mol. The molecule has 1 aliphatic carbocycles. The summed E-state index contributed by atoms with van der Waals surface area (Å²) in [6, 6.07) is 8.04. The van der Waals surface area contributed by atoms with Crippen LogP contribution in [0.3, 0.4) is 0 Å². The molecule has 3 rings (SSSR count). The summed E-state index contributed by atoms with van der Waals surface area (Å²) in [5.74, 6) is -0.650. The maximum atomic E-state index is 11.6. The molecule has 0 saturated carbocycles. The normalized spacial score (nSPS) is 15.7. The predicted molar refractivity (Wildman–Crippen MR) is 130 cm³/mol. The number of hydrogen-bond acceptors (Lipinski definition) is 6. The van der Waals surface area contributed by atoms with Gasteiger partial charge in [0.2, 0.25) is 5.78 Å². The van der Waals surface area contributed by atoms with Crippen molar-refractivity contribution in [3.05, 3.63) is 73.0 Å². The second kappa shape index (κ2) is 9.55. The number of ketones is 1. The number of nitro groups is 2. The fraction of sp³-hybridized carbons (Fsp3) is 0.118. The highest BCUT2D eigenvalue weighted by Gasteiger charge is 2.51. The third-order valence-electron chi connectivity index (χ3n) is 4.12. The largest absolute Gasteiger partial charge is 0.502 e. The number of nitro benzene ring substituents is 1. The molecule has 0 saturated heterocycles. The number of allylic oxidation sites excluding steroid dienone is 2. The quantitative estimate of drug-likeness (QED) is 0.267.